The lowest BCUT2D eigenvalue weighted by molar-refractivity contribution is 0.102. The fraction of sp³-hybridized carbons (Fsp3) is 0.0714. The number of ether oxygens (including phenoxy) is 1. The quantitative estimate of drug-likeness (QED) is 0.676. The number of anilines is 2. The van der Waals surface area contributed by atoms with Crippen LogP contribution in [-0.4, -0.2) is 13.0 Å². The SMILES string of the molecule is COc1ccc(N)cc1NC(=O)c1cc(F)c(F)c(F)c1. The molecular formula is C14H11F3N2O2. The van der Waals surface area contributed by atoms with E-state index in [1.54, 1.807) is 6.07 Å². The fourth-order valence-corrected chi connectivity index (χ4v) is 1.70. The number of carbonyl (C=O) groups excluding carboxylic acids is 1. The van der Waals surface area contributed by atoms with Crippen LogP contribution in [0.15, 0.2) is 30.3 Å². The smallest absolute Gasteiger partial charge is 0.255 e. The minimum absolute atomic E-state index is 0.229. The predicted octanol–water partition coefficient (Wildman–Crippen LogP) is 2.95. The molecule has 0 aliphatic carbocycles. The Hall–Kier alpha value is -2.70. The van der Waals surface area contributed by atoms with Gasteiger partial charge in [0.2, 0.25) is 0 Å². The molecule has 0 spiro atoms. The van der Waals surface area contributed by atoms with Gasteiger partial charge in [-0.1, -0.05) is 0 Å². The maximum Gasteiger partial charge on any atom is 0.255 e. The summed E-state index contributed by atoms with van der Waals surface area (Å²) in [5.41, 5.74) is 5.82. The number of hydrogen-bond acceptors (Lipinski definition) is 3. The minimum Gasteiger partial charge on any atom is -0.495 e. The second kappa shape index (κ2) is 5.74. The third kappa shape index (κ3) is 3.07. The summed E-state index contributed by atoms with van der Waals surface area (Å²) < 4.78 is 44.1. The number of halogens is 3. The first kappa shape index (κ1) is 14.7. The number of nitrogens with two attached hydrogens (primary N) is 1. The zero-order valence-corrected chi connectivity index (χ0v) is 10.9. The lowest BCUT2D eigenvalue weighted by Crippen LogP contribution is -2.14. The molecule has 0 bridgehead atoms. The van der Waals surface area contributed by atoms with Crippen molar-refractivity contribution in [3.63, 3.8) is 0 Å². The minimum atomic E-state index is -1.63. The number of hydrogen-bond donors (Lipinski definition) is 2. The molecule has 21 heavy (non-hydrogen) atoms. The Morgan fingerprint density at radius 1 is 1.14 bits per heavy atom. The van der Waals surface area contributed by atoms with Gasteiger partial charge in [0.1, 0.15) is 5.75 Å². The van der Waals surface area contributed by atoms with Crippen LogP contribution in [0.2, 0.25) is 0 Å². The highest BCUT2D eigenvalue weighted by Gasteiger charge is 2.16. The Morgan fingerprint density at radius 3 is 2.33 bits per heavy atom. The van der Waals surface area contributed by atoms with Crippen molar-refractivity contribution in [1.29, 1.82) is 0 Å². The average Bonchev–Trinajstić information content (AvgIpc) is 2.44. The normalized spacial score (nSPS) is 10.3. The van der Waals surface area contributed by atoms with Crippen LogP contribution in [0.1, 0.15) is 10.4 Å². The van der Waals surface area contributed by atoms with Gasteiger partial charge >= 0.3 is 0 Å². The van der Waals surface area contributed by atoms with E-state index in [1.165, 1.54) is 19.2 Å². The molecule has 0 saturated carbocycles. The van der Waals surface area contributed by atoms with E-state index in [-0.39, 0.29) is 11.3 Å². The van der Waals surface area contributed by atoms with Crippen molar-refractivity contribution in [2.24, 2.45) is 0 Å². The molecule has 0 fully saturated rings. The van der Waals surface area contributed by atoms with Gasteiger partial charge in [0.05, 0.1) is 12.8 Å². The van der Waals surface area contributed by atoms with Crippen LogP contribution in [0.3, 0.4) is 0 Å². The molecule has 4 nitrogen and oxygen atoms in total. The Labute approximate surface area is 118 Å². The summed E-state index contributed by atoms with van der Waals surface area (Å²) >= 11 is 0. The third-order valence-electron chi connectivity index (χ3n) is 2.72. The van der Waals surface area contributed by atoms with Gasteiger partial charge in [-0.25, -0.2) is 13.2 Å². The molecule has 0 aliphatic rings. The maximum absolute atomic E-state index is 13.1. The van der Waals surface area contributed by atoms with Crippen LogP contribution in [0, 0.1) is 17.5 Å². The Bertz CT molecular complexity index is 682. The highest BCUT2D eigenvalue weighted by atomic mass is 19.2. The highest BCUT2D eigenvalue weighted by molar-refractivity contribution is 6.05. The van der Waals surface area contributed by atoms with Crippen LogP contribution in [0.25, 0.3) is 0 Å². The molecule has 2 aromatic carbocycles. The van der Waals surface area contributed by atoms with Crippen molar-refractivity contribution in [1.82, 2.24) is 0 Å². The molecule has 0 heterocycles. The van der Waals surface area contributed by atoms with Crippen LogP contribution in [0.4, 0.5) is 24.5 Å². The molecule has 2 aromatic rings. The average molecular weight is 296 g/mol. The predicted molar refractivity (Wildman–Crippen MR) is 71.7 cm³/mol. The zero-order chi connectivity index (χ0) is 15.6. The van der Waals surface area contributed by atoms with Crippen molar-refractivity contribution >= 4 is 17.3 Å². The van der Waals surface area contributed by atoms with Crippen LogP contribution in [0.5, 0.6) is 5.75 Å². The summed E-state index contributed by atoms with van der Waals surface area (Å²) in [5, 5.41) is 2.39. The summed E-state index contributed by atoms with van der Waals surface area (Å²) in [6, 6.07) is 5.72. The van der Waals surface area contributed by atoms with Crippen LogP contribution < -0.4 is 15.8 Å². The van der Waals surface area contributed by atoms with E-state index in [0.717, 1.165) is 0 Å². The summed E-state index contributed by atoms with van der Waals surface area (Å²) in [6.45, 7) is 0. The number of carbonyl (C=O) groups is 1. The summed E-state index contributed by atoms with van der Waals surface area (Å²) in [4.78, 5) is 11.9. The molecule has 3 N–H and O–H groups in total. The lowest BCUT2D eigenvalue weighted by atomic mass is 10.1. The van der Waals surface area contributed by atoms with Gasteiger partial charge in [0.25, 0.3) is 5.91 Å². The molecule has 7 heteroatoms. The van der Waals surface area contributed by atoms with Gasteiger partial charge in [0.15, 0.2) is 17.5 Å². The van der Waals surface area contributed by atoms with E-state index in [4.69, 9.17) is 10.5 Å². The van der Waals surface area contributed by atoms with Gasteiger partial charge in [-0.3, -0.25) is 4.79 Å². The molecular weight excluding hydrogens is 285 g/mol. The summed E-state index contributed by atoms with van der Waals surface area (Å²) in [6.07, 6.45) is 0. The second-order valence-corrected chi connectivity index (χ2v) is 4.17. The molecule has 1 amide bonds. The number of amides is 1. The fourth-order valence-electron chi connectivity index (χ4n) is 1.70. The lowest BCUT2D eigenvalue weighted by Gasteiger charge is -2.11. The molecule has 110 valence electrons. The van der Waals surface area contributed by atoms with E-state index in [1.807, 2.05) is 0 Å². The molecule has 2 rings (SSSR count). The monoisotopic (exact) mass is 296 g/mol. The molecule has 0 saturated heterocycles. The number of nitrogens with one attached hydrogen (secondary N) is 1. The molecule has 0 aromatic heterocycles. The molecule has 0 aliphatic heterocycles. The van der Waals surface area contributed by atoms with Gasteiger partial charge < -0.3 is 15.8 Å². The molecule has 0 atom stereocenters. The van der Waals surface area contributed by atoms with E-state index < -0.39 is 23.4 Å². The first-order chi connectivity index (χ1) is 9.92. The maximum atomic E-state index is 13.1. The molecule has 0 radical (unpaired) electrons. The van der Waals surface area contributed by atoms with Crippen LogP contribution in [-0.2, 0) is 0 Å². The van der Waals surface area contributed by atoms with Crippen molar-refractivity contribution in [2.75, 3.05) is 18.2 Å². The van der Waals surface area contributed by atoms with Crippen molar-refractivity contribution in [3.05, 3.63) is 53.3 Å². The van der Waals surface area contributed by atoms with Crippen molar-refractivity contribution < 1.29 is 22.7 Å². The third-order valence-corrected chi connectivity index (χ3v) is 2.72. The van der Waals surface area contributed by atoms with E-state index >= 15 is 0 Å². The molecule has 0 unspecified atom stereocenters. The van der Waals surface area contributed by atoms with Gasteiger partial charge in [-0.15, -0.1) is 0 Å². The zero-order valence-electron chi connectivity index (χ0n) is 10.9. The Morgan fingerprint density at radius 2 is 1.76 bits per heavy atom. The van der Waals surface area contributed by atoms with E-state index in [0.29, 0.717) is 23.6 Å². The summed E-state index contributed by atoms with van der Waals surface area (Å²) in [7, 11) is 1.39. The first-order valence-corrected chi connectivity index (χ1v) is 5.81. The number of methoxy groups -OCH3 is 1. The van der Waals surface area contributed by atoms with Crippen LogP contribution >= 0.6 is 0 Å². The Kier molecular flexibility index (Phi) is 4.02. The number of rotatable bonds is 3. The van der Waals surface area contributed by atoms with Crippen molar-refractivity contribution in [2.45, 2.75) is 0 Å². The Balaban J connectivity index is 2.32. The van der Waals surface area contributed by atoms with Gasteiger partial charge in [0, 0.05) is 11.3 Å². The second-order valence-electron chi connectivity index (χ2n) is 4.17. The number of benzene rings is 2. The van der Waals surface area contributed by atoms with E-state index in [2.05, 4.69) is 5.32 Å². The summed E-state index contributed by atoms with van der Waals surface area (Å²) in [5.74, 6) is -5.02. The van der Waals surface area contributed by atoms with Crippen molar-refractivity contribution in [3.8, 4) is 5.75 Å². The topological polar surface area (TPSA) is 64.3 Å². The standard InChI is InChI=1S/C14H11F3N2O2/c1-21-12-3-2-8(18)6-11(12)19-14(20)7-4-9(15)13(17)10(16)5-7/h2-6H,18H2,1H3,(H,19,20). The highest BCUT2D eigenvalue weighted by Crippen LogP contribution is 2.27. The number of nitrogen functional groups attached to an aromatic ring is 1. The van der Waals surface area contributed by atoms with E-state index in [9.17, 15) is 18.0 Å². The largest absolute Gasteiger partial charge is 0.495 e. The van der Waals surface area contributed by atoms with Gasteiger partial charge in [-0.2, -0.15) is 0 Å². The van der Waals surface area contributed by atoms with Gasteiger partial charge in [-0.05, 0) is 30.3 Å². The first-order valence-electron chi connectivity index (χ1n) is 5.81.